The number of aromatic nitrogens is 1. The number of fused-ring (bicyclic) bond motifs is 1. The second-order valence-corrected chi connectivity index (χ2v) is 5.02. The van der Waals surface area contributed by atoms with E-state index < -0.39 is 0 Å². The number of nitrogens with zero attached hydrogens (tertiary/aromatic N) is 1. The van der Waals surface area contributed by atoms with Crippen LogP contribution in [0.15, 0.2) is 18.2 Å². The minimum Gasteiger partial charge on any atom is -0.383 e. The molecule has 0 spiro atoms. The van der Waals surface area contributed by atoms with Crippen molar-refractivity contribution in [1.29, 1.82) is 0 Å². The van der Waals surface area contributed by atoms with Gasteiger partial charge in [0.15, 0.2) is 0 Å². The molecule has 0 radical (unpaired) electrons. The van der Waals surface area contributed by atoms with Crippen LogP contribution in [0.25, 0.3) is 10.9 Å². The minimum atomic E-state index is 0.627. The lowest BCUT2D eigenvalue weighted by atomic mass is 10.1. The van der Waals surface area contributed by atoms with Crippen molar-refractivity contribution in [2.24, 2.45) is 0 Å². The largest absolute Gasteiger partial charge is 0.383 e. The molecule has 20 heavy (non-hydrogen) atoms. The predicted molar refractivity (Wildman–Crippen MR) is 83.8 cm³/mol. The summed E-state index contributed by atoms with van der Waals surface area (Å²) >= 11 is 0. The Hall–Kier alpha value is -1.76. The summed E-state index contributed by atoms with van der Waals surface area (Å²) in [5.41, 5.74) is 5.07. The summed E-state index contributed by atoms with van der Waals surface area (Å²) in [6.45, 7) is 7.37. The van der Waals surface area contributed by atoms with E-state index >= 15 is 0 Å². The number of hydrogen-bond acceptors (Lipinski definition) is 2. The van der Waals surface area contributed by atoms with Crippen LogP contribution >= 0.6 is 0 Å². The van der Waals surface area contributed by atoms with Crippen molar-refractivity contribution < 1.29 is 4.74 Å². The summed E-state index contributed by atoms with van der Waals surface area (Å²) in [7, 11) is 1.72. The molecule has 0 aliphatic carbocycles. The van der Waals surface area contributed by atoms with Gasteiger partial charge in [-0.1, -0.05) is 12.0 Å². The third kappa shape index (κ3) is 2.87. The van der Waals surface area contributed by atoms with Gasteiger partial charge in [-0.2, -0.15) is 0 Å². The first-order valence-corrected chi connectivity index (χ1v) is 6.90. The van der Waals surface area contributed by atoms with Gasteiger partial charge >= 0.3 is 0 Å². The van der Waals surface area contributed by atoms with Gasteiger partial charge in [0.2, 0.25) is 0 Å². The molecule has 0 aliphatic heterocycles. The lowest BCUT2D eigenvalue weighted by Gasteiger charge is -2.06. The van der Waals surface area contributed by atoms with Crippen molar-refractivity contribution >= 4 is 10.9 Å². The van der Waals surface area contributed by atoms with Gasteiger partial charge in [-0.15, -0.1) is 6.42 Å². The van der Waals surface area contributed by atoms with E-state index in [0.717, 1.165) is 19.7 Å². The van der Waals surface area contributed by atoms with E-state index in [9.17, 15) is 0 Å². The number of nitrogens with one attached hydrogen (secondary N) is 1. The second-order valence-electron chi connectivity index (χ2n) is 5.02. The highest BCUT2D eigenvalue weighted by molar-refractivity contribution is 5.86. The van der Waals surface area contributed by atoms with Gasteiger partial charge in [-0.3, -0.25) is 0 Å². The summed E-state index contributed by atoms with van der Waals surface area (Å²) < 4.78 is 7.23. The maximum Gasteiger partial charge on any atom is 0.0837 e. The lowest BCUT2D eigenvalue weighted by molar-refractivity contribution is 0.199. The molecule has 1 aromatic carbocycles. The zero-order chi connectivity index (χ0) is 14.5. The molecule has 0 saturated carbocycles. The second kappa shape index (κ2) is 6.60. The molecule has 0 atom stereocenters. The molecule has 0 saturated heterocycles. The van der Waals surface area contributed by atoms with E-state index in [2.05, 4.69) is 47.9 Å². The van der Waals surface area contributed by atoms with E-state index in [1.807, 2.05) is 0 Å². The average molecular weight is 270 g/mol. The molecule has 1 aromatic heterocycles. The van der Waals surface area contributed by atoms with Crippen LogP contribution in [-0.2, 0) is 17.8 Å². The Morgan fingerprint density at radius 1 is 1.35 bits per heavy atom. The fraction of sp³-hybridized carbons (Fsp3) is 0.412. The van der Waals surface area contributed by atoms with Crippen LogP contribution < -0.4 is 5.32 Å². The van der Waals surface area contributed by atoms with Crippen molar-refractivity contribution in [2.45, 2.75) is 26.9 Å². The number of ether oxygens (including phenoxy) is 1. The Morgan fingerprint density at radius 2 is 2.15 bits per heavy atom. The lowest BCUT2D eigenvalue weighted by Crippen LogP contribution is -2.18. The molecular weight excluding hydrogens is 248 g/mol. The maximum atomic E-state index is 5.46. The van der Waals surface area contributed by atoms with Crippen molar-refractivity contribution in [3.05, 3.63) is 35.0 Å². The number of terminal acetylenes is 1. The van der Waals surface area contributed by atoms with Crippen LogP contribution in [0, 0.1) is 26.2 Å². The first-order chi connectivity index (χ1) is 9.69. The SMILES string of the molecule is C#CCn1c(C)c(C)c2cc(CNCCOC)ccc21. The van der Waals surface area contributed by atoms with Gasteiger partial charge in [0, 0.05) is 36.8 Å². The summed E-state index contributed by atoms with van der Waals surface area (Å²) in [6, 6.07) is 6.58. The van der Waals surface area contributed by atoms with Crippen molar-refractivity contribution in [3.63, 3.8) is 0 Å². The molecule has 0 amide bonds. The Balaban J connectivity index is 2.26. The van der Waals surface area contributed by atoms with Crippen LogP contribution in [0.4, 0.5) is 0 Å². The van der Waals surface area contributed by atoms with E-state index in [1.54, 1.807) is 7.11 Å². The fourth-order valence-corrected chi connectivity index (χ4v) is 2.51. The number of aryl methyl sites for hydroxylation is 1. The van der Waals surface area contributed by atoms with Crippen molar-refractivity contribution in [3.8, 4) is 12.3 Å². The van der Waals surface area contributed by atoms with E-state index in [0.29, 0.717) is 6.54 Å². The molecule has 1 N–H and O–H groups in total. The van der Waals surface area contributed by atoms with Crippen LogP contribution in [0.2, 0.25) is 0 Å². The highest BCUT2D eigenvalue weighted by Crippen LogP contribution is 2.26. The average Bonchev–Trinajstić information content (AvgIpc) is 2.69. The third-order valence-electron chi connectivity index (χ3n) is 3.76. The highest BCUT2D eigenvalue weighted by atomic mass is 16.5. The van der Waals surface area contributed by atoms with Crippen molar-refractivity contribution in [2.75, 3.05) is 20.3 Å². The fourth-order valence-electron chi connectivity index (χ4n) is 2.51. The molecule has 2 aromatic rings. The Bertz CT molecular complexity index is 634. The highest BCUT2D eigenvalue weighted by Gasteiger charge is 2.10. The van der Waals surface area contributed by atoms with Gasteiger partial charge in [0.25, 0.3) is 0 Å². The van der Waals surface area contributed by atoms with Crippen molar-refractivity contribution in [1.82, 2.24) is 9.88 Å². The zero-order valence-electron chi connectivity index (χ0n) is 12.5. The number of benzene rings is 1. The standard InChI is InChI=1S/C17H22N2O/c1-5-9-19-14(3)13(2)16-11-15(6-7-17(16)19)12-18-8-10-20-4/h1,6-7,11,18H,8-10,12H2,2-4H3. The number of rotatable bonds is 6. The summed E-state index contributed by atoms with van der Waals surface area (Å²) in [4.78, 5) is 0. The molecule has 2 rings (SSSR count). The molecule has 0 fully saturated rings. The monoisotopic (exact) mass is 270 g/mol. The molecule has 3 heteroatoms. The quantitative estimate of drug-likeness (QED) is 0.645. The van der Waals surface area contributed by atoms with Gasteiger partial charge < -0.3 is 14.6 Å². The van der Waals surface area contributed by atoms with Crippen LogP contribution in [0.1, 0.15) is 16.8 Å². The molecule has 0 aliphatic rings. The molecule has 1 heterocycles. The van der Waals surface area contributed by atoms with Gasteiger partial charge in [0.1, 0.15) is 0 Å². The van der Waals surface area contributed by atoms with E-state index in [1.165, 1.54) is 27.7 Å². The van der Waals surface area contributed by atoms with Gasteiger partial charge in [-0.25, -0.2) is 0 Å². The summed E-state index contributed by atoms with van der Waals surface area (Å²) in [5, 5.41) is 4.66. The minimum absolute atomic E-state index is 0.627. The Kier molecular flexibility index (Phi) is 4.84. The Morgan fingerprint density at radius 3 is 2.85 bits per heavy atom. The molecule has 3 nitrogen and oxygen atoms in total. The van der Waals surface area contributed by atoms with Gasteiger partial charge in [-0.05, 0) is 37.1 Å². The molecule has 106 valence electrons. The molecular formula is C17H22N2O. The smallest absolute Gasteiger partial charge is 0.0837 e. The maximum absolute atomic E-state index is 5.46. The van der Waals surface area contributed by atoms with Crippen LogP contribution in [0.3, 0.4) is 0 Å². The first-order valence-electron chi connectivity index (χ1n) is 6.90. The normalized spacial score (nSPS) is 10.9. The summed E-state index contributed by atoms with van der Waals surface area (Å²) in [5.74, 6) is 2.73. The topological polar surface area (TPSA) is 26.2 Å². The predicted octanol–water partition coefficient (Wildman–Crippen LogP) is 2.63. The zero-order valence-corrected chi connectivity index (χ0v) is 12.5. The van der Waals surface area contributed by atoms with E-state index in [-0.39, 0.29) is 0 Å². The first kappa shape index (κ1) is 14.6. The third-order valence-corrected chi connectivity index (χ3v) is 3.76. The molecule has 0 bridgehead atoms. The van der Waals surface area contributed by atoms with Crippen LogP contribution in [-0.4, -0.2) is 24.8 Å². The van der Waals surface area contributed by atoms with Crippen LogP contribution in [0.5, 0.6) is 0 Å². The molecule has 0 unspecified atom stereocenters. The van der Waals surface area contributed by atoms with Gasteiger partial charge in [0.05, 0.1) is 13.2 Å². The van der Waals surface area contributed by atoms with E-state index in [4.69, 9.17) is 11.2 Å². The summed E-state index contributed by atoms with van der Waals surface area (Å²) in [6.07, 6.45) is 5.46. The number of hydrogen-bond donors (Lipinski definition) is 1. The number of methoxy groups -OCH3 is 1. The Labute approximate surface area is 120 Å².